The van der Waals surface area contributed by atoms with Crippen molar-refractivity contribution in [3.05, 3.63) is 71.3 Å². The van der Waals surface area contributed by atoms with Crippen LogP contribution >= 0.6 is 11.8 Å². The molecule has 10 nitrogen and oxygen atoms in total. The topological polar surface area (TPSA) is 126 Å². The van der Waals surface area contributed by atoms with Crippen LogP contribution in [0.3, 0.4) is 0 Å². The molecule has 0 aliphatic carbocycles. The van der Waals surface area contributed by atoms with Gasteiger partial charge in [-0.2, -0.15) is 0 Å². The Morgan fingerprint density at radius 3 is 2.40 bits per heavy atom. The molecule has 43 heavy (non-hydrogen) atoms. The number of aliphatic hydroxyl groups excluding tert-OH is 1. The van der Waals surface area contributed by atoms with Crippen LogP contribution in [-0.2, 0) is 36.8 Å². The molecule has 2 aromatic carbocycles. The van der Waals surface area contributed by atoms with Gasteiger partial charge in [-0.05, 0) is 50.3 Å². The van der Waals surface area contributed by atoms with Gasteiger partial charge in [0.25, 0.3) is 5.91 Å². The Bertz CT molecular complexity index is 1180. The minimum Gasteiger partial charge on any atom is -0.449 e. The molecule has 3 N–H and O–H groups in total. The van der Waals surface area contributed by atoms with Crippen molar-refractivity contribution in [2.75, 3.05) is 39.4 Å². The van der Waals surface area contributed by atoms with Gasteiger partial charge in [0.15, 0.2) is 6.10 Å². The highest BCUT2D eigenvalue weighted by atomic mass is 32.2. The van der Waals surface area contributed by atoms with Crippen molar-refractivity contribution in [1.29, 1.82) is 0 Å². The highest BCUT2D eigenvalue weighted by Crippen LogP contribution is 2.40. The lowest BCUT2D eigenvalue weighted by Gasteiger charge is -2.33. The van der Waals surface area contributed by atoms with E-state index in [4.69, 9.17) is 14.2 Å². The number of hydrogen-bond acceptors (Lipinski definition) is 8. The summed E-state index contributed by atoms with van der Waals surface area (Å²) < 4.78 is 15.2. The minimum absolute atomic E-state index is 0.123. The molecule has 1 saturated heterocycles. The van der Waals surface area contributed by atoms with Crippen LogP contribution in [0.4, 0.5) is 4.79 Å². The van der Waals surface area contributed by atoms with Crippen molar-refractivity contribution in [2.45, 2.75) is 69.5 Å². The maximum Gasteiger partial charge on any atom is 0.407 e. The van der Waals surface area contributed by atoms with Crippen LogP contribution in [-0.4, -0.2) is 90.3 Å². The van der Waals surface area contributed by atoms with Gasteiger partial charge in [0.2, 0.25) is 5.91 Å². The molecule has 0 aromatic heterocycles. The summed E-state index contributed by atoms with van der Waals surface area (Å²) in [6, 6.07) is 15.3. The molecular weight excluding hydrogens is 570 g/mol. The van der Waals surface area contributed by atoms with E-state index in [1.54, 1.807) is 7.11 Å². The normalized spacial score (nSPS) is 17.2. The van der Waals surface area contributed by atoms with Gasteiger partial charge in [-0.1, -0.05) is 54.6 Å². The zero-order chi connectivity index (χ0) is 31.2. The fourth-order valence-electron chi connectivity index (χ4n) is 4.88. The van der Waals surface area contributed by atoms with E-state index in [-0.39, 0.29) is 24.8 Å². The molecule has 2 aromatic rings. The van der Waals surface area contributed by atoms with Gasteiger partial charge in [-0.3, -0.25) is 9.59 Å². The highest BCUT2D eigenvalue weighted by molar-refractivity contribution is 8.00. The van der Waals surface area contributed by atoms with Crippen LogP contribution in [0.25, 0.3) is 0 Å². The second-order valence-electron chi connectivity index (χ2n) is 11.1. The molecule has 1 fully saturated rings. The van der Waals surface area contributed by atoms with E-state index < -0.39 is 34.9 Å². The second kappa shape index (κ2) is 17.2. The van der Waals surface area contributed by atoms with Crippen LogP contribution in [0.15, 0.2) is 54.6 Å². The number of aliphatic hydroxyl groups is 1. The number of alkyl carbamates (subject to hydrolysis) is 1. The number of carbonyl (C=O) groups is 3. The number of thioether (sulfide) groups is 1. The lowest BCUT2D eigenvalue weighted by Crippen LogP contribution is -2.58. The van der Waals surface area contributed by atoms with Gasteiger partial charge in [-0.15, -0.1) is 11.8 Å². The van der Waals surface area contributed by atoms with Crippen molar-refractivity contribution in [2.24, 2.45) is 0 Å². The van der Waals surface area contributed by atoms with E-state index in [1.807, 2.05) is 75.4 Å². The molecule has 236 valence electrons. The van der Waals surface area contributed by atoms with Gasteiger partial charge >= 0.3 is 6.09 Å². The van der Waals surface area contributed by atoms with E-state index in [0.717, 1.165) is 23.1 Å². The Balaban J connectivity index is 1.65. The molecule has 1 heterocycles. The van der Waals surface area contributed by atoms with E-state index in [0.29, 0.717) is 32.8 Å². The Kier molecular flexibility index (Phi) is 13.8. The van der Waals surface area contributed by atoms with Crippen LogP contribution in [0, 0.1) is 6.92 Å². The zero-order valence-corrected chi connectivity index (χ0v) is 26.4. The van der Waals surface area contributed by atoms with Gasteiger partial charge in [-0.25, -0.2) is 4.79 Å². The third kappa shape index (κ3) is 10.5. The first-order valence-electron chi connectivity index (χ1n) is 14.6. The van der Waals surface area contributed by atoms with E-state index in [9.17, 15) is 19.5 Å². The summed E-state index contributed by atoms with van der Waals surface area (Å²) in [5.74, 6) is -0.687. The Labute approximate surface area is 258 Å². The number of rotatable bonds is 16. The molecule has 3 rings (SSSR count). The largest absolute Gasteiger partial charge is 0.449 e. The summed E-state index contributed by atoms with van der Waals surface area (Å²) in [4.78, 5) is 41.3. The maximum atomic E-state index is 13.8. The predicted octanol–water partition coefficient (Wildman–Crippen LogP) is 3.43. The number of methoxy groups -OCH3 is 1. The average molecular weight is 616 g/mol. The first-order valence-corrected chi connectivity index (χ1v) is 15.6. The number of hydrogen-bond donors (Lipinski definition) is 3. The summed E-state index contributed by atoms with van der Waals surface area (Å²) >= 11 is 1.47. The van der Waals surface area contributed by atoms with Crippen LogP contribution in [0.5, 0.6) is 0 Å². The van der Waals surface area contributed by atoms with Gasteiger partial charge in [0.05, 0.1) is 18.5 Å². The van der Waals surface area contributed by atoms with Crippen LogP contribution in [0.2, 0.25) is 0 Å². The SMILES string of the molecule is COCCCOCCCOC(=O)NC(Cc1ccccc1)C(O)C(=O)N1CSC(C)(C)C1C(=O)NCc1ccccc1C. The Hall–Kier alpha value is -3.12. The smallest absolute Gasteiger partial charge is 0.407 e. The molecule has 1 aliphatic rings. The molecule has 3 unspecified atom stereocenters. The monoisotopic (exact) mass is 615 g/mol. The number of nitrogens with zero attached hydrogens (tertiary/aromatic N) is 1. The van der Waals surface area contributed by atoms with Crippen molar-refractivity contribution in [3.8, 4) is 0 Å². The molecule has 3 atom stereocenters. The zero-order valence-electron chi connectivity index (χ0n) is 25.5. The average Bonchev–Trinajstić information content (AvgIpc) is 3.32. The lowest BCUT2D eigenvalue weighted by molar-refractivity contribution is -0.147. The Morgan fingerprint density at radius 1 is 1.02 bits per heavy atom. The lowest BCUT2D eigenvalue weighted by atomic mass is 9.97. The van der Waals surface area contributed by atoms with Crippen molar-refractivity contribution in [3.63, 3.8) is 0 Å². The van der Waals surface area contributed by atoms with Crippen molar-refractivity contribution in [1.82, 2.24) is 15.5 Å². The van der Waals surface area contributed by atoms with E-state index in [1.165, 1.54) is 16.7 Å². The molecule has 0 radical (unpaired) electrons. The Morgan fingerprint density at radius 2 is 1.70 bits per heavy atom. The summed E-state index contributed by atoms with van der Waals surface area (Å²) in [7, 11) is 1.63. The molecule has 1 aliphatic heterocycles. The predicted molar refractivity (Wildman–Crippen MR) is 167 cm³/mol. The van der Waals surface area contributed by atoms with Crippen LogP contribution in [0.1, 0.15) is 43.4 Å². The van der Waals surface area contributed by atoms with Crippen molar-refractivity contribution < 1.29 is 33.7 Å². The third-order valence-electron chi connectivity index (χ3n) is 7.33. The fraction of sp³-hybridized carbons (Fsp3) is 0.531. The summed E-state index contributed by atoms with van der Waals surface area (Å²) in [6.45, 7) is 7.86. The number of amides is 3. The summed E-state index contributed by atoms with van der Waals surface area (Å²) in [6.07, 6.45) is -0.855. The quantitative estimate of drug-likeness (QED) is 0.245. The minimum atomic E-state index is -1.60. The number of ether oxygens (including phenoxy) is 3. The van der Waals surface area contributed by atoms with Gasteiger partial charge < -0.3 is 34.9 Å². The molecular formula is C32H45N3O7S. The first kappa shape index (κ1) is 34.4. The fourth-order valence-corrected chi connectivity index (χ4v) is 6.02. The number of nitrogens with one attached hydrogen (secondary N) is 2. The molecule has 11 heteroatoms. The second-order valence-corrected chi connectivity index (χ2v) is 12.7. The van der Waals surface area contributed by atoms with Gasteiger partial charge in [0.1, 0.15) is 6.04 Å². The summed E-state index contributed by atoms with van der Waals surface area (Å²) in [5, 5.41) is 17.0. The number of benzene rings is 2. The van der Waals surface area contributed by atoms with E-state index >= 15 is 0 Å². The molecule has 3 amide bonds. The standard InChI is InChI=1S/C32H45N3O7S/c1-23-12-8-9-15-25(23)21-33-29(37)28-32(2,3)43-22-35(28)30(38)27(36)26(20-24-13-6-5-7-14-24)34-31(39)42-19-11-18-41-17-10-16-40-4/h5-9,12-15,26-28,36H,10-11,16-22H2,1-4H3,(H,33,37)(H,34,39). The van der Waals surface area contributed by atoms with E-state index in [2.05, 4.69) is 10.6 Å². The molecule has 0 saturated carbocycles. The third-order valence-corrected chi connectivity index (χ3v) is 8.71. The number of aryl methyl sites for hydroxylation is 1. The van der Waals surface area contributed by atoms with Crippen molar-refractivity contribution >= 4 is 29.7 Å². The van der Waals surface area contributed by atoms with Gasteiger partial charge in [0, 0.05) is 44.6 Å². The maximum absolute atomic E-state index is 13.8. The number of carbonyl (C=O) groups excluding carboxylic acids is 3. The van der Waals surface area contributed by atoms with Crippen LogP contribution < -0.4 is 10.6 Å². The summed E-state index contributed by atoms with van der Waals surface area (Å²) in [5.41, 5.74) is 2.87. The first-order chi connectivity index (χ1) is 20.6. The molecule has 0 spiro atoms. The molecule has 0 bridgehead atoms. The highest BCUT2D eigenvalue weighted by Gasteiger charge is 2.49.